The number of benzene rings is 2. The minimum atomic E-state index is -3.67. The summed E-state index contributed by atoms with van der Waals surface area (Å²) in [6.07, 6.45) is 0.715. The Labute approximate surface area is 202 Å². The highest BCUT2D eigenvalue weighted by Crippen LogP contribution is 2.51. The molecule has 0 fully saturated rings. The van der Waals surface area contributed by atoms with E-state index in [1.165, 1.54) is 6.07 Å². The van der Waals surface area contributed by atoms with Gasteiger partial charge in [-0.3, -0.25) is 19.3 Å². The summed E-state index contributed by atoms with van der Waals surface area (Å²) in [7, 11) is -2.11. The van der Waals surface area contributed by atoms with Gasteiger partial charge in [0.2, 0.25) is 0 Å². The van der Waals surface area contributed by atoms with Crippen LogP contribution in [0.3, 0.4) is 0 Å². The summed E-state index contributed by atoms with van der Waals surface area (Å²) >= 11 is 6.61. The van der Waals surface area contributed by atoms with Crippen LogP contribution in [0.1, 0.15) is 13.8 Å². The minimum absolute atomic E-state index is 0.0135. The molecule has 0 amide bonds. The third-order valence-corrected chi connectivity index (χ3v) is 5.81. The van der Waals surface area contributed by atoms with Crippen LogP contribution in [-0.4, -0.2) is 65.6 Å². The monoisotopic (exact) mass is 511 g/mol. The lowest BCUT2D eigenvalue weighted by Gasteiger charge is -2.20. The van der Waals surface area contributed by atoms with Gasteiger partial charge >= 0.3 is 0 Å². The fourth-order valence-electron chi connectivity index (χ4n) is 3.85. The predicted molar refractivity (Wildman–Crippen MR) is 132 cm³/mol. The Morgan fingerprint density at radius 1 is 1.26 bits per heavy atom. The van der Waals surface area contributed by atoms with Gasteiger partial charge < -0.3 is 15.0 Å². The first kappa shape index (κ1) is 25.7. The molecule has 2 aromatic carbocycles. The smallest absolute Gasteiger partial charge is 0.293 e. The van der Waals surface area contributed by atoms with Crippen LogP contribution in [0.2, 0.25) is 5.02 Å². The number of nitrogens with zero attached hydrogens (tertiary/aromatic N) is 4. The number of ether oxygens (including phenoxy) is 1. The zero-order valence-corrected chi connectivity index (χ0v) is 20.8. The van der Waals surface area contributed by atoms with Gasteiger partial charge in [0.15, 0.2) is 0 Å². The van der Waals surface area contributed by atoms with Crippen molar-refractivity contribution in [1.29, 1.82) is 0 Å². The fraction of sp³-hybridized carbons (Fsp3) is 0.381. The van der Waals surface area contributed by atoms with Crippen LogP contribution in [0, 0.1) is 10.1 Å². The molecule has 2 N–H and O–H groups in total. The molecule has 1 aliphatic rings. The third kappa shape index (κ3) is 5.25. The van der Waals surface area contributed by atoms with Gasteiger partial charge in [-0.05, 0) is 31.3 Å². The zero-order valence-electron chi connectivity index (χ0n) is 19.2. The SMILES string of the molecule is CCN(CC)CCn1nc2c3c(c([N+](=O)[O-])ccc31)Nc1ccc(OC)c(Cl)c1-2.CS(=O)(=O)O. The molecular formula is C21H26ClN5O6S. The van der Waals surface area contributed by atoms with E-state index < -0.39 is 10.1 Å². The van der Waals surface area contributed by atoms with E-state index in [1.807, 2.05) is 4.68 Å². The van der Waals surface area contributed by atoms with E-state index in [0.717, 1.165) is 25.2 Å². The summed E-state index contributed by atoms with van der Waals surface area (Å²) in [6.45, 7) is 7.66. The van der Waals surface area contributed by atoms with Crippen molar-refractivity contribution in [3.05, 3.63) is 39.4 Å². The Balaban J connectivity index is 0.000000588. The van der Waals surface area contributed by atoms with Crippen LogP contribution >= 0.6 is 11.6 Å². The number of fused-ring (bicyclic) bond motifs is 2. The molecule has 0 bridgehead atoms. The molecule has 0 radical (unpaired) electrons. The van der Waals surface area contributed by atoms with Gasteiger partial charge in [0.1, 0.15) is 17.1 Å². The molecule has 13 heteroatoms. The van der Waals surface area contributed by atoms with Crippen LogP contribution < -0.4 is 10.1 Å². The molecule has 11 nitrogen and oxygen atoms in total. The van der Waals surface area contributed by atoms with Crippen molar-refractivity contribution in [3.8, 4) is 17.0 Å². The lowest BCUT2D eigenvalue weighted by atomic mass is 9.99. The number of nitro groups is 1. The number of aromatic nitrogens is 2. The quantitative estimate of drug-likeness (QED) is 0.212. The number of halogens is 1. The lowest BCUT2D eigenvalue weighted by molar-refractivity contribution is -0.383. The summed E-state index contributed by atoms with van der Waals surface area (Å²) in [5, 5.41) is 20.8. The number of nitro benzene ring substituents is 1. The maximum absolute atomic E-state index is 11.6. The van der Waals surface area contributed by atoms with E-state index in [-0.39, 0.29) is 10.6 Å². The molecule has 0 unspecified atom stereocenters. The first-order valence-electron chi connectivity index (χ1n) is 10.5. The van der Waals surface area contributed by atoms with Crippen molar-refractivity contribution in [2.24, 2.45) is 0 Å². The van der Waals surface area contributed by atoms with Crippen molar-refractivity contribution in [2.45, 2.75) is 20.4 Å². The van der Waals surface area contributed by atoms with Gasteiger partial charge in [-0.1, -0.05) is 25.4 Å². The second-order valence-electron chi connectivity index (χ2n) is 7.57. The molecule has 3 aromatic rings. The molecule has 2 heterocycles. The predicted octanol–water partition coefficient (Wildman–Crippen LogP) is 4.18. The van der Waals surface area contributed by atoms with E-state index in [0.29, 0.717) is 51.6 Å². The van der Waals surface area contributed by atoms with Crippen molar-refractivity contribution < 1.29 is 22.6 Å². The molecular weight excluding hydrogens is 486 g/mol. The summed E-state index contributed by atoms with van der Waals surface area (Å²) < 4.78 is 33.1. The van der Waals surface area contributed by atoms with E-state index in [4.69, 9.17) is 26.0 Å². The average molecular weight is 512 g/mol. The van der Waals surface area contributed by atoms with Gasteiger partial charge in [0.25, 0.3) is 15.8 Å². The van der Waals surface area contributed by atoms with Crippen LogP contribution in [0.15, 0.2) is 24.3 Å². The number of rotatable bonds is 7. The second kappa shape index (κ2) is 10.1. The second-order valence-corrected chi connectivity index (χ2v) is 9.42. The third-order valence-electron chi connectivity index (χ3n) is 5.44. The summed E-state index contributed by atoms with van der Waals surface area (Å²) in [6, 6.07) is 6.83. The van der Waals surface area contributed by atoms with Crippen LogP contribution in [0.5, 0.6) is 5.75 Å². The molecule has 0 atom stereocenters. The van der Waals surface area contributed by atoms with E-state index in [9.17, 15) is 18.5 Å². The Hall–Kier alpha value is -2.93. The van der Waals surface area contributed by atoms with Crippen LogP contribution in [-0.2, 0) is 16.7 Å². The number of nitrogens with one attached hydrogen (secondary N) is 1. The van der Waals surface area contributed by atoms with Crippen molar-refractivity contribution in [1.82, 2.24) is 14.7 Å². The van der Waals surface area contributed by atoms with E-state index in [2.05, 4.69) is 24.1 Å². The highest BCUT2D eigenvalue weighted by molar-refractivity contribution is 7.85. The number of methoxy groups -OCH3 is 1. The summed E-state index contributed by atoms with van der Waals surface area (Å²) in [4.78, 5) is 13.6. The number of hydrogen-bond donors (Lipinski definition) is 2. The fourth-order valence-corrected chi connectivity index (χ4v) is 4.18. The van der Waals surface area contributed by atoms with Crippen LogP contribution in [0.25, 0.3) is 22.2 Å². The maximum atomic E-state index is 11.6. The van der Waals surface area contributed by atoms with Gasteiger partial charge in [0.05, 0.1) is 46.4 Å². The van der Waals surface area contributed by atoms with Gasteiger partial charge in [-0.25, -0.2) is 0 Å². The Morgan fingerprint density at radius 2 is 1.91 bits per heavy atom. The van der Waals surface area contributed by atoms with Crippen LogP contribution in [0.4, 0.5) is 17.1 Å². The molecule has 1 aromatic heterocycles. The molecule has 34 heavy (non-hydrogen) atoms. The van der Waals surface area contributed by atoms with Crippen molar-refractivity contribution >= 4 is 49.7 Å². The standard InChI is InChI=1S/C20H22ClN5O3.CH4O3S/c1-4-24(5-2)10-11-25-13-7-8-14(26(27)28)19-17(13)20(23-25)16-12(22-19)6-9-15(29-3)18(16)21;1-5(2,3)4/h6-9,22H,4-5,10-11H2,1-3H3;1H3,(H,2,3,4). The van der Waals surface area contributed by atoms with Crippen molar-refractivity contribution in [3.63, 3.8) is 0 Å². The molecule has 184 valence electrons. The van der Waals surface area contributed by atoms with E-state index >= 15 is 0 Å². The molecule has 0 saturated heterocycles. The Kier molecular flexibility index (Phi) is 7.66. The molecule has 4 rings (SSSR count). The number of hydrogen-bond acceptors (Lipinski definition) is 8. The Morgan fingerprint density at radius 3 is 2.47 bits per heavy atom. The average Bonchev–Trinajstić information content (AvgIpc) is 3.13. The Bertz CT molecular complexity index is 1330. The van der Waals surface area contributed by atoms with Crippen molar-refractivity contribution in [2.75, 3.05) is 38.3 Å². The minimum Gasteiger partial charge on any atom is -0.495 e. The summed E-state index contributed by atoms with van der Waals surface area (Å²) in [5.74, 6) is 0.534. The number of anilines is 2. The van der Waals surface area contributed by atoms with Gasteiger partial charge in [-0.15, -0.1) is 0 Å². The van der Waals surface area contributed by atoms with Gasteiger partial charge in [0, 0.05) is 18.2 Å². The lowest BCUT2D eigenvalue weighted by Crippen LogP contribution is -2.27. The van der Waals surface area contributed by atoms with Gasteiger partial charge in [-0.2, -0.15) is 13.5 Å². The highest BCUT2D eigenvalue weighted by atomic mass is 35.5. The highest BCUT2D eigenvalue weighted by Gasteiger charge is 2.31. The number of likely N-dealkylation sites (N-methyl/N-ethyl adjacent to an activating group) is 1. The normalized spacial score (nSPS) is 12.1. The zero-order chi connectivity index (χ0) is 25.2. The largest absolute Gasteiger partial charge is 0.495 e. The topological polar surface area (TPSA) is 140 Å². The molecule has 0 aliphatic carbocycles. The maximum Gasteiger partial charge on any atom is 0.293 e. The first-order chi connectivity index (χ1) is 16.0. The first-order valence-corrected chi connectivity index (χ1v) is 12.7. The molecule has 0 saturated carbocycles. The molecule has 1 aliphatic heterocycles. The molecule has 0 spiro atoms. The summed E-state index contributed by atoms with van der Waals surface area (Å²) in [5.41, 5.74) is 3.31. The van der Waals surface area contributed by atoms with E-state index in [1.54, 1.807) is 25.3 Å².